The van der Waals surface area contributed by atoms with E-state index in [9.17, 15) is 4.79 Å². The van der Waals surface area contributed by atoms with Crippen LogP contribution in [-0.4, -0.2) is 12.7 Å². The number of hydrogen-bond acceptors (Lipinski definition) is 3. The number of pyridine rings is 1. The summed E-state index contributed by atoms with van der Waals surface area (Å²) in [4.78, 5) is 11.3. The molecule has 0 fully saturated rings. The van der Waals surface area contributed by atoms with Crippen molar-refractivity contribution in [2.45, 2.75) is 13.5 Å². The summed E-state index contributed by atoms with van der Waals surface area (Å²) in [7, 11) is 0. The molecule has 2 N–H and O–H groups in total. The quantitative estimate of drug-likeness (QED) is 0.802. The van der Waals surface area contributed by atoms with Crippen molar-refractivity contribution in [3.05, 3.63) is 30.0 Å². The van der Waals surface area contributed by atoms with Crippen molar-refractivity contribution in [2.24, 2.45) is 5.73 Å². The fourth-order valence-electron chi connectivity index (χ4n) is 2.15. The van der Waals surface area contributed by atoms with Gasteiger partial charge in [-0.25, -0.2) is 0 Å². The Balaban J connectivity index is 2.31. The van der Waals surface area contributed by atoms with E-state index in [0.29, 0.717) is 11.3 Å². The first-order chi connectivity index (χ1) is 8.69. The zero-order valence-electron chi connectivity index (χ0n) is 9.97. The van der Waals surface area contributed by atoms with E-state index in [1.807, 2.05) is 23.6 Å². The van der Waals surface area contributed by atoms with E-state index < -0.39 is 5.91 Å². The highest BCUT2D eigenvalue weighted by Crippen LogP contribution is 2.35. The van der Waals surface area contributed by atoms with Crippen molar-refractivity contribution in [1.82, 2.24) is 0 Å². The van der Waals surface area contributed by atoms with E-state index >= 15 is 0 Å². The zero-order chi connectivity index (χ0) is 12.7. The summed E-state index contributed by atoms with van der Waals surface area (Å²) in [6.45, 7) is 2.99. The summed E-state index contributed by atoms with van der Waals surface area (Å²) >= 11 is 0. The van der Waals surface area contributed by atoms with Crippen LogP contribution in [0.15, 0.2) is 24.4 Å². The van der Waals surface area contributed by atoms with Crippen LogP contribution in [0.1, 0.15) is 17.3 Å². The number of aromatic nitrogens is 1. The Hall–Kier alpha value is -2.30. The molecule has 1 aromatic heterocycles. The molecular weight excluding hydrogens is 232 g/mol. The van der Waals surface area contributed by atoms with Gasteiger partial charge in [0.2, 0.25) is 12.3 Å². The average molecular weight is 245 g/mol. The predicted octanol–water partition coefficient (Wildman–Crippen LogP) is 0.975. The molecule has 2 heterocycles. The molecule has 2 aromatic rings. The number of nitrogens with two attached hydrogens (primary N) is 1. The zero-order valence-corrected chi connectivity index (χ0v) is 9.97. The number of carbonyl (C=O) groups excluding carboxylic acids is 1. The van der Waals surface area contributed by atoms with Crippen molar-refractivity contribution >= 4 is 16.8 Å². The summed E-state index contributed by atoms with van der Waals surface area (Å²) in [6, 6.07) is 5.56. The molecule has 0 saturated heterocycles. The van der Waals surface area contributed by atoms with E-state index in [4.69, 9.17) is 15.2 Å². The number of benzene rings is 1. The monoisotopic (exact) mass is 245 g/mol. The smallest absolute Gasteiger partial charge is 0.254 e. The van der Waals surface area contributed by atoms with Crippen molar-refractivity contribution in [1.29, 1.82) is 0 Å². The third-order valence-corrected chi connectivity index (χ3v) is 3.06. The molecule has 0 aliphatic carbocycles. The molecule has 0 bridgehead atoms. The largest absolute Gasteiger partial charge is 0.454 e. The molecule has 1 aromatic carbocycles. The van der Waals surface area contributed by atoms with Crippen LogP contribution in [0.4, 0.5) is 0 Å². The lowest BCUT2D eigenvalue weighted by Gasteiger charge is -2.03. The summed E-state index contributed by atoms with van der Waals surface area (Å²) < 4.78 is 12.7. The van der Waals surface area contributed by atoms with E-state index in [1.54, 1.807) is 12.3 Å². The third-order valence-electron chi connectivity index (χ3n) is 3.06. The average Bonchev–Trinajstić information content (AvgIpc) is 2.81. The summed E-state index contributed by atoms with van der Waals surface area (Å²) in [6.07, 6.45) is 1.76. The fourth-order valence-corrected chi connectivity index (χ4v) is 2.15. The molecule has 3 rings (SSSR count). The third kappa shape index (κ3) is 1.55. The van der Waals surface area contributed by atoms with Crippen LogP contribution in [-0.2, 0) is 6.54 Å². The molecule has 1 amide bonds. The second-order valence-electron chi connectivity index (χ2n) is 4.14. The van der Waals surface area contributed by atoms with Gasteiger partial charge in [0, 0.05) is 0 Å². The number of hydrogen-bond donors (Lipinski definition) is 1. The highest BCUT2D eigenvalue weighted by atomic mass is 16.7. The highest BCUT2D eigenvalue weighted by molar-refractivity contribution is 5.95. The van der Waals surface area contributed by atoms with Gasteiger partial charge in [0.25, 0.3) is 5.91 Å². The number of aryl methyl sites for hydroxylation is 1. The maximum Gasteiger partial charge on any atom is 0.254 e. The second-order valence-corrected chi connectivity index (χ2v) is 4.14. The minimum Gasteiger partial charge on any atom is -0.454 e. The lowest BCUT2D eigenvalue weighted by molar-refractivity contribution is -0.667. The van der Waals surface area contributed by atoms with Gasteiger partial charge in [-0.3, -0.25) is 4.79 Å². The number of nitrogens with zero attached hydrogens (tertiary/aromatic N) is 1. The van der Waals surface area contributed by atoms with Crippen molar-refractivity contribution in [2.75, 3.05) is 6.79 Å². The highest BCUT2D eigenvalue weighted by Gasteiger charge is 2.20. The first-order valence-corrected chi connectivity index (χ1v) is 5.75. The van der Waals surface area contributed by atoms with E-state index in [-0.39, 0.29) is 6.79 Å². The Labute approximate surface area is 104 Å². The van der Waals surface area contributed by atoms with Gasteiger partial charge in [0.05, 0.1) is 11.5 Å². The van der Waals surface area contributed by atoms with Crippen LogP contribution >= 0.6 is 0 Å². The number of ether oxygens (including phenoxy) is 2. The molecule has 18 heavy (non-hydrogen) atoms. The van der Waals surface area contributed by atoms with Gasteiger partial charge in [-0.15, -0.1) is 0 Å². The summed E-state index contributed by atoms with van der Waals surface area (Å²) in [5, 5.41) is 0.914. The maximum atomic E-state index is 11.3. The summed E-state index contributed by atoms with van der Waals surface area (Å²) in [5.41, 5.74) is 6.81. The molecule has 5 heteroatoms. The summed E-state index contributed by atoms with van der Waals surface area (Å²) in [5.74, 6) is 1.00. The fraction of sp³-hybridized carbons (Fsp3) is 0.231. The van der Waals surface area contributed by atoms with Crippen molar-refractivity contribution < 1.29 is 18.8 Å². The predicted molar refractivity (Wildman–Crippen MR) is 64.5 cm³/mol. The molecule has 0 atom stereocenters. The number of rotatable bonds is 2. The molecule has 1 aliphatic heterocycles. The maximum absolute atomic E-state index is 11.3. The minimum atomic E-state index is -0.434. The first kappa shape index (κ1) is 10.8. The van der Waals surface area contributed by atoms with Gasteiger partial charge >= 0.3 is 0 Å². The van der Waals surface area contributed by atoms with Gasteiger partial charge in [-0.05, 0) is 19.1 Å². The Kier molecular flexibility index (Phi) is 2.33. The number of amides is 1. The van der Waals surface area contributed by atoms with E-state index in [2.05, 4.69) is 0 Å². The molecule has 0 spiro atoms. The van der Waals surface area contributed by atoms with Crippen LogP contribution in [0, 0.1) is 0 Å². The van der Waals surface area contributed by atoms with Gasteiger partial charge in [-0.2, -0.15) is 4.57 Å². The van der Waals surface area contributed by atoms with Crippen molar-refractivity contribution in [3.8, 4) is 11.5 Å². The number of primary amides is 1. The Bertz CT molecular complexity index is 652. The Morgan fingerprint density at radius 3 is 2.72 bits per heavy atom. The van der Waals surface area contributed by atoms with Gasteiger partial charge in [0.15, 0.2) is 17.7 Å². The Morgan fingerprint density at radius 1 is 1.33 bits per heavy atom. The number of carbonyl (C=O) groups is 1. The SMILES string of the molecule is CC[n+]1cc(C(N)=O)cc2cc3c(cc21)OCO3. The van der Waals surface area contributed by atoms with Crippen LogP contribution in [0.2, 0.25) is 0 Å². The molecule has 1 aliphatic rings. The van der Waals surface area contributed by atoms with E-state index in [0.717, 1.165) is 23.2 Å². The topological polar surface area (TPSA) is 65.4 Å². The van der Waals surface area contributed by atoms with Gasteiger partial charge in [-0.1, -0.05) is 0 Å². The van der Waals surface area contributed by atoms with Crippen LogP contribution < -0.4 is 19.8 Å². The lowest BCUT2D eigenvalue weighted by atomic mass is 10.1. The van der Waals surface area contributed by atoms with Crippen LogP contribution in [0.3, 0.4) is 0 Å². The molecule has 0 saturated carbocycles. The van der Waals surface area contributed by atoms with Gasteiger partial charge < -0.3 is 15.2 Å². The first-order valence-electron chi connectivity index (χ1n) is 5.75. The lowest BCUT2D eigenvalue weighted by Crippen LogP contribution is -2.34. The molecular formula is C13H13N2O3+. The minimum absolute atomic E-state index is 0.237. The molecule has 92 valence electrons. The second kappa shape index (κ2) is 3.87. The van der Waals surface area contributed by atoms with Gasteiger partial charge in [0.1, 0.15) is 12.1 Å². The Morgan fingerprint density at radius 2 is 2.06 bits per heavy atom. The van der Waals surface area contributed by atoms with E-state index in [1.165, 1.54) is 0 Å². The standard InChI is InChI=1S/C13H12N2O3/c1-2-15-6-9(13(14)16)3-8-4-11-12(5-10(8)15)18-7-17-11/h3-6H,2,7H2,1H3,(H-,14,16)/p+1. The molecule has 0 radical (unpaired) electrons. The number of fused-ring (bicyclic) bond motifs is 2. The normalized spacial score (nSPS) is 12.9. The van der Waals surface area contributed by atoms with Crippen LogP contribution in [0.25, 0.3) is 10.9 Å². The molecule has 0 unspecified atom stereocenters. The van der Waals surface area contributed by atoms with Crippen LogP contribution in [0.5, 0.6) is 11.5 Å². The molecule has 5 nitrogen and oxygen atoms in total. The van der Waals surface area contributed by atoms with Crippen molar-refractivity contribution in [3.63, 3.8) is 0 Å².